The van der Waals surface area contributed by atoms with Crippen LogP contribution in [0.5, 0.6) is 0 Å². The van der Waals surface area contributed by atoms with Gasteiger partial charge in [0.1, 0.15) is 0 Å². The molecule has 1 saturated carbocycles. The number of nitrogens with one attached hydrogen (secondary N) is 2. The number of nitrogens with zero attached hydrogens (tertiary/aromatic N) is 3. The van der Waals surface area contributed by atoms with Crippen LogP contribution in [0.4, 0.5) is 16.3 Å². The molecule has 1 saturated heterocycles. The molecule has 7 heteroatoms. The first-order valence-corrected chi connectivity index (χ1v) is 10.1. The van der Waals surface area contributed by atoms with Crippen LogP contribution in [0.25, 0.3) is 11.3 Å². The molecule has 0 radical (unpaired) electrons. The zero-order valence-corrected chi connectivity index (χ0v) is 16.1. The zero-order chi connectivity index (χ0) is 19.2. The van der Waals surface area contributed by atoms with Gasteiger partial charge in [-0.2, -0.15) is 0 Å². The van der Waals surface area contributed by atoms with E-state index in [1.165, 1.54) is 19.3 Å². The summed E-state index contributed by atoms with van der Waals surface area (Å²) in [7, 11) is 0. The molecule has 148 valence electrons. The molecule has 0 spiro atoms. The van der Waals surface area contributed by atoms with Gasteiger partial charge in [0.15, 0.2) is 5.82 Å². The lowest BCUT2D eigenvalue weighted by molar-refractivity contribution is 0.122. The van der Waals surface area contributed by atoms with Crippen molar-refractivity contribution in [1.82, 2.24) is 15.5 Å². The van der Waals surface area contributed by atoms with Crippen LogP contribution < -0.4 is 15.5 Å². The summed E-state index contributed by atoms with van der Waals surface area (Å²) in [6.45, 7) is 3.12. The first kappa shape index (κ1) is 18.7. The number of aromatic nitrogens is 2. The molecule has 4 rings (SSSR count). The topological polar surface area (TPSA) is 79.4 Å². The standard InChI is InChI=1S/C21H27N5O2/c27-21(22-17-6-2-1-3-7-17)23-18-8-4-5-16(15-18)19-9-10-20(25-24-19)26-11-13-28-14-12-26/h4-5,8-10,15,17H,1-3,6-7,11-14H2,(H2,22,23,27). The number of rotatable bonds is 4. The van der Waals surface area contributed by atoms with Gasteiger partial charge in [-0.25, -0.2) is 4.79 Å². The lowest BCUT2D eigenvalue weighted by Gasteiger charge is -2.27. The van der Waals surface area contributed by atoms with E-state index < -0.39 is 0 Å². The van der Waals surface area contributed by atoms with Crippen molar-refractivity contribution >= 4 is 17.5 Å². The number of ether oxygens (including phenoxy) is 1. The van der Waals surface area contributed by atoms with E-state index in [-0.39, 0.29) is 12.1 Å². The van der Waals surface area contributed by atoms with Crippen LogP contribution in [-0.2, 0) is 4.74 Å². The predicted molar refractivity (Wildman–Crippen MR) is 110 cm³/mol. The average molecular weight is 381 g/mol. The third kappa shape index (κ3) is 4.78. The second-order valence-corrected chi connectivity index (χ2v) is 7.39. The van der Waals surface area contributed by atoms with E-state index in [9.17, 15) is 4.79 Å². The number of carbonyl (C=O) groups is 1. The van der Waals surface area contributed by atoms with E-state index in [1.807, 2.05) is 36.4 Å². The Balaban J connectivity index is 1.39. The molecule has 28 heavy (non-hydrogen) atoms. The summed E-state index contributed by atoms with van der Waals surface area (Å²) < 4.78 is 5.38. The van der Waals surface area contributed by atoms with Crippen molar-refractivity contribution in [3.63, 3.8) is 0 Å². The highest BCUT2D eigenvalue weighted by Gasteiger charge is 2.16. The molecule has 2 aromatic rings. The van der Waals surface area contributed by atoms with Gasteiger partial charge in [-0.1, -0.05) is 31.4 Å². The van der Waals surface area contributed by atoms with Gasteiger partial charge in [0.25, 0.3) is 0 Å². The largest absolute Gasteiger partial charge is 0.378 e. The number of anilines is 2. The van der Waals surface area contributed by atoms with Crippen LogP contribution in [0.3, 0.4) is 0 Å². The maximum Gasteiger partial charge on any atom is 0.319 e. The van der Waals surface area contributed by atoms with Crippen LogP contribution in [0.2, 0.25) is 0 Å². The molecule has 1 aromatic heterocycles. The average Bonchev–Trinajstić information content (AvgIpc) is 2.75. The van der Waals surface area contributed by atoms with Crippen molar-refractivity contribution < 1.29 is 9.53 Å². The molecule has 7 nitrogen and oxygen atoms in total. The minimum atomic E-state index is -0.141. The second-order valence-electron chi connectivity index (χ2n) is 7.39. The molecule has 1 aliphatic heterocycles. The molecule has 1 aliphatic carbocycles. The number of morpholine rings is 1. The van der Waals surface area contributed by atoms with Crippen LogP contribution >= 0.6 is 0 Å². The third-order valence-electron chi connectivity index (χ3n) is 5.34. The Bertz CT molecular complexity index is 784. The van der Waals surface area contributed by atoms with E-state index >= 15 is 0 Å². The fourth-order valence-electron chi connectivity index (χ4n) is 3.80. The Morgan fingerprint density at radius 2 is 1.86 bits per heavy atom. The summed E-state index contributed by atoms with van der Waals surface area (Å²) in [5.74, 6) is 0.869. The molecule has 2 amide bonds. The van der Waals surface area contributed by atoms with Gasteiger partial charge in [0.05, 0.1) is 18.9 Å². The van der Waals surface area contributed by atoms with Crippen molar-refractivity contribution in [1.29, 1.82) is 0 Å². The lowest BCUT2D eigenvalue weighted by Crippen LogP contribution is -2.39. The van der Waals surface area contributed by atoms with E-state index in [2.05, 4.69) is 25.7 Å². The molecule has 2 aliphatic rings. The maximum atomic E-state index is 12.3. The quantitative estimate of drug-likeness (QED) is 0.848. The number of amides is 2. The summed E-state index contributed by atoms with van der Waals surface area (Å²) in [6.07, 6.45) is 5.80. The van der Waals surface area contributed by atoms with Gasteiger partial charge in [0, 0.05) is 30.4 Å². The van der Waals surface area contributed by atoms with Gasteiger partial charge >= 0.3 is 6.03 Å². The van der Waals surface area contributed by atoms with Gasteiger partial charge < -0.3 is 20.3 Å². The normalized spacial score (nSPS) is 17.9. The molecule has 0 atom stereocenters. The molecule has 2 N–H and O–H groups in total. The molecular weight excluding hydrogens is 354 g/mol. The highest BCUT2D eigenvalue weighted by atomic mass is 16.5. The zero-order valence-electron chi connectivity index (χ0n) is 16.1. The molecule has 0 bridgehead atoms. The van der Waals surface area contributed by atoms with E-state index in [0.29, 0.717) is 0 Å². The Hall–Kier alpha value is -2.67. The van der Waals surface area contributed by atoms with Gasteiger partial charge in [-0.15, -0.1) is 10.2 Å². The molecular formula is C21H27N5O2. The summed E-state index contributed by atoms with van der Waals surface area (Å²) >= 11 is 0. The van der Waals surface area contributed by atoms with E-state index in [1.54, 1.807) is 0 Å². The highest BCUT2D eigenvalue weighted by Crippen LogP contribution is 2.22. The number of carbonyl (C=O) groups excluding carboxylic acids is 1. The molecule has 0 unspecified atom stereocenters. The Morgan fingerprint density at radius 3 is 2.61 bits per heavy atom. The highest BCUT2D eigenvalue weighted by molar-refractivity contribution is 5.90. The van der Waals surface area contributed by atoms with Crippen molar-refractivity contribution in [2.24, 2.45) is 0 Å². The van der Waals surface area contributed by atoms with E-state index in [0.717, 1.165) is 61.9 Å². The van der Waals surface area contributed by atoms with Crippen molar-refractivity contribution in [2.75, 3.05) is 36.5 Å². The van der Waals surface area contributed by atoms with E-state index in [4.69, 9.17) is 4.74 Å². The monoisotopic (exact) mass is 381 g/mol. The number of hydrogen-bond donors (Lipinski definition) is 2. The summed E-state index contributed by atoms with van der Waals surface area (Å²) in [5.41, 5.74) is 2.47. The number of benzene rings is 1. The Kier molecular flexibility index (Phi) is 6.01. The molecule has 1 aromatic carbocycles. The summed E-state index contributed by atoms with van der Waals surface area (Å²) in [6, 6.07) is 11.8. The van der Waals surface area contributed by atoms with Gasteiger partial charge in [0.2, 0.25) is 0 Å². The Morgan fingerprint density at radius 1 is 1.04 bits per heavy atom. The van der Waals surface area contributed by atoms with Crippen molar-refractivity contribution in [3.8, 4) is 11.3 Å². The van der Waals surface area contributed by atoms with Crippen LogP contribution in [0, 0.1) is 0 Å². The van der Waals surface area contributed by atoms with Gasteiger partial charge in [-0.05, 0) is 37.1 Å². The summed E-state index contributed by atoms with van der Waals surface area (Å²) in [4.78, 5) is 14.5. The second kappa shape index (κ2) is 9.01. The fourth-order valence-corrected chi connectivity index (χ4v) is 3.80. The van der Waals surface area contributed by atoms with Crippen LogP contribution in [0.15, 0.2) is 36.4 Å². The predicted octanol–water partition coefficient (Wildman–Crippen LogP) is 3.43. The van der Waals surface area contributed by atoms with Gasteiger partial charge in [-0.3, -0.25) is 0 Å². The lowest BCUT2D eigenvalue weighted by atomic mass is 9.96. The minimum Gasteiger partial charge on any atom is -0.378 e. The first-order valence-electron chi connectivity index (χ1n) is 10.1. The summed E-state index contributed by atoms with van der Waals surface area (Å²) in [5, 5.41) is 14.8. The first-order chi connectivity index (χ1) is 13.8. The number of hydrogen-bond acceptors (Lipinski definition) is 5. The maximum absolute atomic E-state index is 12.3. The smallest absolute Gasteiger partial charge is 0.319 e. The molecule has 2 fully saturated rings. The van der Waals surface area contributed by atoms with Crippen molar-refractivity contribution in [2.45, 2.75) is 38.1 Å². The van der Waals surface area contributed by atoms with Crippen LogP contribution in [0.1, 0.15) is 32.1 Å². The van der Waals surface area contributed by atoms with Crippen molar-refractivity contribution in [3.05, 3.63) is 36.4 Å². The fraction of sp³-hybridized carbons (Fsp3) is 0.476. The number of urea groups is 1. The Labute approximate surface area is 165 Å². The minimum absolute atomic E-state index is 0.141. The molecule has 2 heterocycles. The van der Waals surface area contributed by atoms with Crippen LogP contribution in [-0.4, -0.2) is 48.6 Å². The SMILES string of the molecule is O=C(Nc1cccc(-c2ccc(N3CCOCC3)nn2)c1)NC1CCCCC1. The third-order valence-corrected chi connectivity index (χ3v) is 5.34.